The third-order valence-corrected chi connectivity index (χ3v) is 7.62. The zero-order valence-electron chi connectivity index (χ0n) is 16.6. The molecule has 160 valence electrons. The molecule has 31 heavy (non-hydrogen) atoms. The van der Waals surface area contributed by atoms with Gasteiger partial charge < -0.3 is 9.73 Å². The average molecular weight is 457 g/mol. The molecule has 1 aliphatic heterocycles. The fourth-order valence-corrected chi connectivity index (χ4v) is 5.53. The number of nitrogens with one attached hydrogen (secondary N) is 1. The zero-order valence-corrected chi connectivity index (χ0v) is 18.2. The lowest BCUT2D eigenvalue weighted by Gasteiger charge is -2.25. The second-order valence-electron chi connectivity index (χ2n) is 7.10. The third-order valence-electron chi connectivity index (χ3n) is 4.89. The maximum absolute atomic E-state index is 12.9. The van der Waals surface area contributed by atoms with Crippen molar-refractivity contribution in [1.82, 2.24) is 9.29 Å². The topological polar surface area (TPSA) is 116 Å². The predicted molar refractivity (Wildman–Crippen MR) is 117 cm³/mol. The van der Waals surface area contributed by atoms with Gasteiger partial charge >= 0.3 is 0 Å². The average Bonchev–Trinajstić information content (AvgIpc) is 3.21. The fraction of sp³-hybridized carbons (Fsp3) is 0.286. The molecule has 0 bridgehead atoms. The molecule has 0 unspecified atom stereocenters. The molecule has 0 spiro atoms. The van der Waals surface area contributed by atoms with E-state index in [1.807, 2.05) is 6.07 Å². The minimum absolute atomic E-state index is 0.0581. The number of rotatable bonds is 6. The van der Waals surface area contributed by atoms with E-state index in [4.69, 9.17) is 9.68 Å². The Morgan fingerprint density at radius 3 is 2.77 bits per heavy atom. The Morgan fingerprint density at radius 2 is 2.00 bits per heavy atom. The Hall–Kier alpha value is -2.87. The molecular formula is C21H20N4O4S2. The largest absolute Gasteiger partial charge is 0.431 e. The second kappa shape index (κ2) is 9.09. The van der Waals surface area contributed by atoms with Gasteiger partial charge in [0, 0.05) is 18.8 Å². The Kier molecular flexibility index (Phi) is 6.27. The summed E-state index contributed by atoms with van der Waals surface area (Å²) in [6, 6.07) is 13.3. The van der Waals surface area contributed by atoms with Crippen LogP contribution >= 0.6 is 11.8 Å². The number of aromatic nitrogens is 1. The summed E-state index contributed by atoms with van der Waals surface area (Å²) < 4.78 is 32.9. The number of piperidine rings is 1. The third kappa shape index (κ3) is 4.90. The summed E-state index contributed by atoms with van der Waals surface area (Å²) in [5.74, 6) is -0.210. The number of carbonyl (C=O) groups excluding carboxylic acids is 1. The van der Waals surface area contributed by atoms with Crippen LogP contribution < -0.4 is 5.32 Å². The molecule has 2 aromatic carbocycles. The Morgan fingerprint density at radius 1 is 1.19 bits per heavy atom. The maximum Gasteiger partial charge on any atom is 0.257 e. The van der Waals surface area contributed by atoms with Gasteiger partial charge in [-0.3, -0.25) is 4.79 Å². The molecule has 3 aromatic rings. The van der Waals surface area contributed by atoms with E-state index < -0.39 is 10.0 Å². The van der Waals surface area contributed by atoms with Crippen LogP contribution in [-0.2, 0) is 14.8 Å². The molecule has 1 fully saturated rings. The number of hydrogen-bond acceptors (Lipinski definition) is 7. The quantitative estimate of drug-likeness (QED) is 0.563. The van der Waals surface area contributed by atoms with Gasteiger partial charge in [0.15, 0.2) is 5.58 Å². The van der Waals surface area contributed by atoms with Crippen LogP contribution in [-0.4, -0.2) is 42.5 Å². The van der Waals surface area contributed by atoms with E-state index in [-0.39, 0.29) is 21.8 Å². The van der Waals surface area contributed by atoms with E-state index in [2.05, 4.69) is 10.3 Å². The van der Waals surface area contributed by atoms with Gasteiger partial charge in [-0.2, -0.15) is 9.57 Å². The van der Waals surface area contributed by atoms with E-state index in [0.717, 1.165) is 31.0 Å². The molecule has 0 saturated carbocycles. The second-order valence-corrected chi connectivity index (χ2v) is 9.97. The van der Waals surface area contributed by atoms with Gasteiger partial charge in [0.25, 0.3) is 5.22 Å². The summed E-state index contributed by atoms with van der Waals surface area (Å²) >= 11 is 1.11. The number of sulfonamides is 1. The van der Waals surface area contributed by atoms with E-state index in [0.29, 0.717) is 35.4 Å². The maximum atomic E-state index is 12.9. The number of thioether (sulfide) groups is 1. The van der Waals surface area contributed by atoms with Gasteiger partial charge in [0.05, 0.1) is 22.3 Å². The monoisotopic (exact) mass is 456 g/mol. The van der Waals surface area contributed by atoms with Gasteiger partial charge in [-0.25, -0.2) is 13.4 Å². The van der Waals surface area contributed by atoms with Gasteiger partial charge in [0.2, 0.25) is 15.9 Å². The van der Waals surface area contributed by atoms with Crippen LogP contribution in [0.1, 0.15) is 24.8 Å². The van der Waals surface area contributed by atoms with E-state index in [1.54, 1.807) is 30.3 Å². The molecule has 1 saturated heterocycles. The Balaban J connectivity index is 1.43. The number of hydrogen-bond donors (Lipinski definition) is 1. The molecule has 0 atom stereocenters. The molecule has 10 heteroatoms. The summed E-state index contributed by atoms with van der Waals surface area (Å²) in [4.78, 5) is 16.7. The van der Waals surface area contributed by atoms with Crippen molar-refractivity contribution in [1.29, 1.82) is 5.26 Å². The lowest BCUT2D eigenvalue weighted by molar-refractivity contribution is -0.113. The standard InChI is InChI=1S/C21H20N4O4S2/c22-13-15-5-4-6-16(11-15)23-20(26)14-30-21-24-18-12-17(7-8-19(18)29-21)31(27,28)25-9-2-1-3-10-25/h4-8,11-12H,1-3,9-10,14H2,(H,23,26). The molecule has 4 rings (SSSR count). The molecule has 0 aliphatic carbocycles. The lowest BCUT2D eigenvalue weighted by Crippen LogP contribution is -2.35. The number of nitriles is 1. The van der Waals surface area contributed by atoms with Crippen molar-refractivity contribution in [3.05, 3.63) is 48.0 Å². The molecule has 0 radical (unpaired) electrons. The minimum atomic E-state index is -3.55. The molecule has 1 amide bonds. The number of nitrogens with zero attached hydrogens (tertiary/aromatic N) is 3. The van der Waals surface area contributed by atoms with Crippen molar-refractivity contribution in [2.45, 2.75) is 29.4 Å². The highest BCUT2D eigenvalue weighted by atomic mass is 32.2. The molecular weight excluding hydrogens is 436 g/mol. The number of fused-ring (bicyclic) bond motifs is 1. The van der Waals surface area contributed by atoms with Crippen molar-refractivity contribution >= 4 is 44.5 Å². The van der Waals surface area contributed by atoms with Gasteiger partial charge in [-0.05, 0) is 49.2 Å². The van der Waals surface area contributed by atoms with Gasteiger partial charge in [-0.15, -0.1) is 0 Å². The molecule has 1 N–H and O–H groups in total. The highest BCUT2D eigenvalue weighted by Crippen LogP contribution is 2.27. The van der Waals surface area contributed by atoms with Crippen LogP contribution in [0.3, 0.4) is 0 Å². The van der Waals surface area contributed by atoms with E-state index in [9.17, 15) is 13.2 Å². The Bertz CT molecular complexity index is 1260. The van der Waals surface area contributed by atoms with Gasteiger partial charge in [0.1, 0.15) is 5.52 Å². The van der Waals surface area contributed by atoms with Crippen LogP contribution in [0.4, 0.5) is 5.69 Å². The SMILES string of the molecule is N#Cc1cccc(NC(=O)CSc2nc3cc(S(=O)(=O)N4CCCCC4)ccc3o2)c1. The Labute approximate surface area is 184 Å². The summed E-state index contributed by atoms with van der Waals surface area (Å²) in [6.45, 7) is 1.07. The van der Waals surface area contributed by atoms with Crippen LogP contribution in [0.5, 0.6) is 0 Å². The summed E-state index contributed by atoms with van der Waals surface area (Å²) in [6.07, 6.45) is 2.79. The van der Waals surface area contributed by atoms with Crippen molar-refractivity contribution in [3.63, 3.8) is 0 Å². The first kappa shape index (κ1) is 21.4. The summed E-state index contributed by atoms with van der Waals surface area (Å²) in [7, 11) is -3.55. The van der Waals surface area contributed by atoms with Crippen LogP contribution in [0.25, 0.3) is 11.1 Å². The van der Waals surface area contributed by atoms with Gasteiger partial charge in [-0.1, -0.05) is 24.2 Å². The highest BCUT2D eigenvalue weighted by molar-refractivity contribution is 7.99. The minimum Gasteiger partial charge on any atom is -0.431 e. The number of amides is 1. The predicted octanol–water partition coefficient (Wildman–Crippen LogP) is 3.60. The van der Waals surface area contributed by atoms with Crippen molar-refractivity contribution in [3.8, 4) is 6.07 Å². The first-order chi connectivity index (χ1) is 15.0. The van der Waals surface area contributed by atoms with Crippen LogP contribution in [0.2, 0.25) is 0 Å². The molecule has 2 heterocycles. The van der Waals surface area contributed by atoms with Crippen molar-refractivity contribution in [2.24, 2.45) is 0 Å². The molecule has 1 aromatic heterocycles. The van der Waals surface area contributed by atoms with Crippen molar-refractivity contribution in [2.75, 3.05) is 24.2 Å². The normalized spacial score (nSPS) is 14.9. The summed E-state index contributed by atoms with van der Waals surface area (Å²) in [5.41, 5.74) is 1.89. The lowest BCUT2D eigenvalue weighted by atomic mass is 10.2. The van der Waals surface area contributed by atoms with E-state index in [1.165, 1.54) is 16.4 Å². The van der Waals surface area contributed by atoms with Crippen LogP contribution in [0, 0.1) is 11.3 Å². The molecule has 8 nitrogen and oxygen atoms in total. The molecule has 1 aliphatic rings. The number of benzene rings is 2. The van der Waals surface area contributed by atoms with Crippen molar-refractivity contribution < 1.29 is 17.6 Å². The first-order valence-electron chi connectivity index (χ1n) is 9.79. The number of oxazole rings is 1. The number of carbonyl (C=O) groups is 1. The zero-order chi connectivity index (χ0) is 21.8. The first-order valence-corrected chi connectivity index (χ1v) is 12.2. The smallest absolute Gasteiger partial charge is 0.257 e. The highest BCUT2D eigenvalue weighted by Gasteiger charge is 2.26. The number of anilines is 1. The summed E-state index contributed by atoms with van der Waals surface area (Å²) in [5, 5.41) is 11.9. The van der Waals surface area contributed by atoms with Crippen LogP contribution in [0.15, 0.2) is 57.0 Å². The fourth-order valence-electron chi connectivity index (χ4n) is 3.35. The van der Waals surface area contributed by atoms with E-state index >= 15 is 0 Å².